The fourth-order valence-electron chi connectivity index (χ4n) is 3.58. The van der Waals surface area contributed by atoms with E-state index >= 15 is 0 Å². The Morgan fingerprint density at radius 2 is 1.77 bits per heavy atom. The molecule has 0 amide bonds. The van der Waals surface area contributed by atoms with E-state index in [1.54, 1.807) is 6.42 Å². The third kappa shape index (κ3) is 1.43. The van der Waals surface area contributed by atoms with Gasteiger partial charge in [0.1, 0.15) is 0 Å². The molecule has 2 aliphatic rings. The molecule has 0 nitrogen and oxygen atoms in total. The fourth-order valence-corrected chi connectivity index (χ4v) is 3.58. The zero-order valence-electron chi connectivity index (χ0n) is 9.64. The zero-order valence-corrected chi connectivity index (χ0v) is 9.64. The highest BCUT2D eigenvalue weighted by molar-refractivity contribution is 4.96. The molecule has 2 fully saturated rings. The van der Waals surface area contributed by atoms with Crippen molar-refractivity contribution in [2.24, 2.45) is 29.1 Å². The molecule has 2 bridgehead atoms. The van der Waals surface area contributed by atoms with Crippen molar-refractivity contribution in [3.63, 3.8) is 0 Å². The van der Waals surface area contributed by atoms with Crippen molar-refractivity contribution in [2.45, 2.75) is 53.4 Å². The topological polar surface area (TPSA) is 0 Å². The van der Waals surface area contributed by atoms with Crippen LogP contribution in [0.5, 0.6) is 0 Å². The molecule has 76 valence electrons. The van der Waals surface area contributed by atoms with Gasteiger partial charge in [0.05, 0.1) is 0 Å². The predicted octanol–water partition coefficient (Wildman–Crippen LogP) is 4.10. The summed E-state index contributed by atoms with van der Waals surface area (Å²) < 4.78 is 0. The predicted molar refractivity (Wildman–Crippen MR) is 57.6 cm³/mol. The van der Waals surface area contributed by atoms with Crippen molar-refractivity contribution in [3.8, 4) is 0 Å². The maximum absolute atomic E-state index is 2.49. The van der Waals surface area contributed by atoms with E-state index in [2.05, 4.69) is 27.7 Å². The second-order valence-corrected chi connectivity index (χ2v) is 6.26. The lowest BCUT2D eigenvalue weighted by molar-refractivity contribution is 0.0878. The van der Waals surface area contributed by atoms with Gasteiger partial charge in [-0.15, -0.1) is 0 Å². The molecular weight excluding hydrogens is 156 g/mol. The van der Waals surface area contributed by atoms with Gasteiger partial charge in [-0.3, -0.25) is 0 Å². The van der Waals surface area contributed by atoms with Crippen LogP contribution >= 0.6 is 0 Å². The summed E-state index contributed by atoms with van der Waals surface area (Å²) in [7, 11) is 0. The quantitative estimate of drug-likeness (QED) is 0.600. The van der Waals surface area contributed by atoms with Gasteiger partial charge in [0, 0.05) is 0 Å². The third-order valence-corrected chi connectivity index (χ3v) is 5.18. The molecule has 0 saturated heterocycles. The first kappa shape index (κ1) is 9.55. The van der Waals surface area contributed by atoms with Crippen LogP contribution in [-0.4, -0.2) is 0 Å². The largest absolute Gasteiger partial charge is 0.0623 e. The molecule has 0 heteroatoms. The molecule has 0 aliphatic heterocycles. The van der Waals surface area contributed by atoms with Crippen LogP contribution in [0.15, 0.2) is 0 Å². The molecule has 2 rings (SSSR count). The smallest absolute Gasteiger partial charge is 0.0300 e. The van der Waals surface area contributed by atoms with Crippen LogP contribution in [0.1, 0.15) is 53.4 Å². The Kier molecular flexibility index (Phi) is 2.20. The molecule has 0 radical (unpaired) electrons. The summed E-state index contributed by atoms with van der Waals surface area (Å²) in [5, 5.41) is 0. The maximum Gasteiger partial charge on any atom is -0.0300 e. The Labute approximate surface area is 83.1 Å². The zero-order chi connectivity index (χ0) is 9.64. The van der Waals surface area contributed by atoms with E-state index in [0.29, 0.717) is 5.41 Å². The molecule has 2 saturated carbocycles. The summed E-state index contributed by atoms with van der Waals surface area (Å²) in [4.78, 5) is 0. The molecule has 13 heavy (non-hydrogen) atoms. The van der Waals surface area contributed by atoms with Gasteiger partial charge in [-0.05, 0) is 48.3 Å². The molecule has 3 unspecified atom stereocenters. The molecule has 0 aromatic carbocycles. The summed E-state index contributed by atoms with van der Waals surface area (Å²) in [6.45, 7) is 9.77. The molecule has 0 aromatic heterocycles. The summed E-state index contributed by atoms with van der Waals surface area (Å²) in [5.41, 5.74) is 0.583. The molecule has 0 heterocycles. The van der Waals surface area contributed by atoms with Crippen LogP contribution in [0.2, 0.25) is 0 Å². The van der Waals surface area contributed by atoms with Crippen LogP contribution in [0.4, 0.5) is 0 Å². The number of hydrogen-bond donors (Lipinski definition) is 0. The van der Waals surface area contributed by atoms with Crippen molar-refractivity contribution in [3.05, 3.63) is 0 Å². The monoisotopic (exact) mass is 180 g/mol. The average Bonchev–Trinajstić information content (AvgIpc) is 2.63. The van der Waals surface area contributed by atoms with Crippen LogP contribution in [0.3, 0.4) is 0 Å². The van der Waals surface area contributed by atoms with E-state index in [1.165, 1.54) is 19.3 Å². The molecule has 3 atom stereocenters. The number of rotatable bonds is 2. The van der Waals surface area contributed by atoms with Crippen molar-refractivity contribution < 1.29 is 0 Å². The van der Waals surface area contributed by atoms with E-state index in [-0.39, 0.29) is 0 Å². The third-order valence-electron chi connectivity index (χ3n) is 5.18. The SMILES string of the molecule is CC(C)C(C)(C)C1CC2CCC1C2. The summed E-state index contributed by atoms with van der Waals surface area (Å²) in [6.07, 6.45) is 6.16. The van der Waals surface area contributed by atoms with E-state index in [9.17, 15) is 0 Å². The molecule has 0 aromatic rings. The minimum Gasteiger partial charge on any atom is -0.0623 e. The highest BCUT2D eigenvalue weighted by Crippen LogP contribution is 2.56. The van der Waals surface area contributed by atoms with Crippen LogP contribution < -0.4 is 0 Å². The van der Waals surface area contributed by atoms with E-state index in [1.807, 2.05) is 0 Å². The molecule has 0 N–H and O–H groups in total. The van der Waals surface area contributed by atoms with E-state index < -0.39 is 0 Å². The molecule has 2 aliphatic carbocycles. The average molecular weight is 180 g/mol. The minimum absolute atomic E-state index is 0.583. The van der Waals surface area contributed by atoms with Gasteiger partial charge < -0.3 is 0 Å². The Hall–Kier alpha value is 0. The van der Waals surface area contributed by atoms with Crippen molar-refractivity contribution in [2.75, 3.05) is 0 Å². The lowest BCUT2D eigenvalue weighted by Crippen LogP contribution is -2.33. The summed E-state index contributed by atoms with van der Waals surface area (Å²) in [5.74, 6) is 4.07. The van der Waals surface area contributed by atoms with Gasteiger partial charge in [0.15, 0.2) is 0 Å². The van der Waals surface area contributed by atoms with Crippen molar-refractivity contribution in [1.82, 2.24) is 0 Å². The fraction of sp³-hybridized carbons (Fsp3) is 1.00. The van der Waals surface area contributed by atoms with Gasteiger partial charge in [0.2, 0.25) is 0 Å². The van der Waals surface area contributed by atoms with Crippen molar-refractivity contribution >= 4 is 0 Å². The van der Waals surface area contributed by atoms with E-state index in [4.69, 9.17) is 0 Å². The van der Waals surface area contributed by atoms with Gasteiger partial charge in [-0.25, -0.2) is 0 Å². The Morgan fingerprint density at radius 3 is 2.15 bits per heavy atom. The van der Waals surface area contributed by atoms with Gasteiger partial charge in [-0.1, -0.05) is 34.1 Å². The van der Waals surface area contributed by atoms with Gasteiger partial charge >= 0.3 is 0 Å². The summed E-state index contributed by atoms with van der Waals surface area (Å²) >= 11 is 0. The van der Waals surface area contributed by atoms with Crippen LogP contribution in [-0.2, 0) is 0 Å². The standard InChI is InChI=1S/C13H24/c1-9(2)13(3,4)12-8-10-5-6-11(12)7-10/h9-12H,5-8H2,1-4H3. The van der Waals surface area contributed by atoms with Crippen molar-refractivity contribution in [1.29, 1.82) is 0 Å². The van der Waals surface area contributed by atoms with Crippen LogP contribution in [0.25, 0.3) is 0 Å². The highest BCUT2D eigenvalue weighted by atomic mass is 14.5. The van der Waals surface area contributed by atoms with E-state index in [0.717, 1.165) is 23.7 Å². The van der Waals surface area contributed by atoms with Crippen LogP contribution in [0, 0.1) is 29.1 Å². The molecular formula is C13H24. The second-order valence-electron chi connectivity index (χ2n) is 6.26. The van der Waals surface area contributed by atoms with Gasteiger partial charge in [-0.2, -0.15) is 0 Å². The molecule has 0 spiro atoms. The lowest BCUT2D eigenvalue weighted by Gasteiger charge is -2.40. The lowest BCUT2D eigenvalue weighted by atomic mass is 9.65. The Balaban J connectivity index is 2.09. The number of hydrogen-bond acceptors (Lipinski definition) is 0. The number of fused-ring (bicyclic) bond motifs is 2. The first-order valence-corrected chi connectivity index (χ1v) is 6.01. The summed E-state index contributed by atoms with van der Waals surface area (Å²) in [6, 6.07) is 0. The Morgan fingerprint density at radius 1 is 1.08 bits per heavy atom. The minimum atomic E-state index is 0.583. The second kappa shape index (κ2) is 3.00. The first-order chi connectivity index (χ1) is 6.01. The maximum atomic E-state index is 2.49. The first-order valence-electron chi connectivity index (χ1n) is 6.01. The van der Waals surface area contributed by atoms with Gasteiger partial charge in [0.25, 0.3) is 0 Å². The Bertz CT molecular complexity index is 190. The normalized spacial score (nSPS) is 39.0. The highest BCUT2D eigenvalue weighted by Gasteiger charge is 2.47.